The molecule has 8 heteroatoms. The van der Waals surface area contributed by atoms with Crippen molar-refractivity contribution in [3.8, 4) is 0 Å². The number of aromatic nitrogens is 4. The molecule has 1 aromatic carbocycles. The molecule has 134 valence electrons. The Morgan fingerprint density at radius 1 is 1.27 bits per heavy atom. The number of nitrogen functional groups attached to an aromatic ring is 1. The summed E-state index contributed by atoms with van der Waals surface area (Å²) >= 11 is 0. The first-order valence-corrected chi connectivity index (χ1v) is 8.61. The fraction of sp³-hybridized carbons (Fsp3) is 0.333. The van der Waals surface area contributed by atoms with E-state index in [1.54, 1.807) is 24.4 Å². The van der Waals surface area contributed by atoms with Crippen LogP contribution in [0.3, 0.4) is 0 Å². The van der Waals surface area contributed by atoms with Gasteiger partial charge in [0, 0.05) is 24.8 Å². The Morgan fingerprint density at radius 2 is 2.15 bits per heavy atom. The number of ether oxygens (including phenoxy) is 1. The van der Waals surface area contributed by atoms with Gasteiger partial charge in [-0.2, -0.15) is 15.4 Å². The van der Waals surface area contributed by atoms with E-state index < -0.39 is 0 Å². The summed E-state index contributed by atoms with van der Waals surface area (Å²) in [5.41, 5.74) is 8.90. The van der Waals surface area contributed by atoms with Crippen molar-refractivity contribution in [2.45, 2.75) is 18.9 Å². The molecule has 1 atom stereocenters. The average Bonchev–Trinajstić information content (AvgIpc) is 3.14. The van der Waals surface area contributed by atoms with E-state index in [0.717, 1.165) is 23.9 Å². The molecule has 1 saturated heterocycles. The molecule has 0 radical (unpaired) electrons. The Kier molecular flexibility index (Phi) is 4.49. The lowest BCUT2D eigenvalue weighted by molar-refractivity contribution is -0.0245. The van der Waals surface area contributed by atoms with Crippen molar-refractivity contribution < 1.29 is 9.53 Å². The van der Waals surface area contributed by atoms with Gasteiger partial charge in [-0.15, -0.1) is 0 Å². The third-order valence-electron chi connectivity index (χ3n) is 4.59. The molecule has 1 fully saturated rings. The zero-order chi connectivity index (χ0) is 17.9. The molecule has 3 heterocycles. The first-order chi connectivity index (χ1) is 12.7. The predicted octanol–water partition coefficient (Wildman–Crippen LogP) is 1.41. The largest absolute Gasteiger partial charge is 0.384 e. The number of rotatable bonds is 4. The lowest BCUT2D eigenvalue weighted by atomic mass is 10.1. The van der Waals surface area contributed by atoms with Crippen molar-refractivity contribution in [1.29, 1.82) is 0 Å². The molecular formula is C18H20N6O2. The Balaban J connectivity index is 1.40. The van der Waals surface area contributed by atoms with E-state index >= 15 is 0 Å². The van der Waals surface area contributed by atoms with Gasteiger partial charge in [0.15, 0.2) is 0 Å². The highest BCUT2D eigenvalue weighted by Gasteiger charge is 2.25. The predicted molar refractivity (Wildman–Crippen MR) is 96.5 cm³/mol. The summed E-state index contributed by atoms with van der Waals surface area (Å²) in [6.45, 7) is 1.71. The normalized spacial score (nSPS) is 17.5. The molecule has 2 aromatic heterocycles. The number of H-pyrrole nitrogens is 1. The summed E-state index contributed by atoms with van der Waals surface area (Å²) in [7, 11) is 0. The summed E-state index contributed by atoms with van der Waals surface area (Å²) in [5, 5.41) is 10.6. The third kappa shape index (κ3) is 3.50. The van der Waals surface area contributed by atoms with Crippen LogP contribution in [-0.2, 0) is 11.2 Å². The topological polar surface area (TPSA) is 110 Å². The number of aromatic amines is 1. The SMILES string of the molecule is Nc1cc(CCC2CN(C(=O)c3ccc4n[nH]nc4c3)CCO2)ccn1. The number of hydrogen-bond acceptors (Lipinski definition) is 6. The quantitative estimate of drug-likeness (QED) is 0.734. The van der Waals surface area contributed by atoms with Gasteiger partial charge < -0.3 is 15.4 Å². The van der Waals surface area contributed by atoms with Gasteiger partial charge in [0.2, 0.25) is 0 Å². The number of benzene rings is 1. The number of anilines is 1. The monoisotopic (exact) mass is 352 g/mol. The van der Waals surface area contributed by atoms with Gasteiger partial charge in [0.1, 0.15) is 16.9 Å². The number of pyridine rings is 1. The van der Waals surface area contributed by atoms with Crippen molar-refractivity contribution in [3.05, 3.63) is 47.7 Å². The smallest absolute Gasteiger partial charge is 0.254 e. The van der Waals surface area contributed by atoms with Crippen molar-refractivity contribution in [2.24, 2.45) is 0 Å². The summed E-state index contributed by atoms with van der Waals surface area (Å²) in [6.07, 6.45) is 3.39. The second-order valence-electron chi connectivity index (χ2n) is 6.40. The van der Waals surface area contributed by atoms with Crippen LogP contribution in [0.15, 0.2) is 36.5 Å². The van der Waals surface area contributed by atoms with Gasteiger partial charge in [-0.25, -0.2) is 4.98 Å². The van der Waals surface area contributed by atoms with E-state index in [0.29, 0.717) is 36.6 Å². The molecule has 0 saturated carbocycles. The summed E-state index contributed by atoms with van der Waals surface area (Å²) < 4.78 is 5.84. The number of nitrogens with two attached hydrogens (primary N) is 1. The second kappa shape index (κ2) is 7.09. The number of amides is 1. The fourth-order valence-electron chi connectivity index (χ4n) is 3.21. The van der Waals surface area contributed by atoms with Crippen LogP contribution < -0.4 is 5.73 Å². The van der Waals surface area contributed by atoms with Crippen LogP contribution in [0.2, 0.25) is 0 Å². The first kappa shape index (κ1) is 16.5. The number of nitrogens with zero attached hydrogens (tertiary/aromatic N) is 4. The molecule has 3 N–H and O–H groups in total. The Labute approximate surface area is 150 Å². The van der Waals surface area contributed by atoms with Crippen LogP contribution >= 0.6 is 0 Å². The van der Waals surface area contributed by atoms with Gasteiger partial charge in [-0.05, 0) is 48.7 Å². The molecule has 26 heavy (non-hydrogen) atoms. The number of morpholine rings is 1. The zero-order valence-electron chi connectivity index (χ0n) is 14.3. The minimum atomic E-state index is -0.00337. The Morgan fingerprint density at radius 3 is 3.04 bits per heavy atom. The van der Waals surface area contributed by atoms with Crippen molar-refractivity contribution >= 4 is 22.8 Å². The fourth-order valence-corrected chi connectivity index (χ4v) is 3.21. The number of carbonyl (C=O) groups excluding carboxylic acids is 1. The number of aryl methyl sites for hydroxylation is 1. The van der Waals surface area contributed by atoms with E-state index in [1.165, 1.54) is 0 Å². The maximum Gasteiger partial charge on any atom is 0.254 e. The molecule has 0 aliphatic carbocycles. The van der Waals surface area contributed by atoms with Gasteiger partial charge in [-0.1, -0.05) is 0 Å². The van der Waals surface area contributed by atoms with Crippen LogP contribution in [-0.4, -0.2) is 57.0 Å². The molecule has 3 aromatic rings. The van der Waals surface area contributed by atoms with Crippen LogP contribution in [0.25, 0.3) is 11.0 Å². The van der Waals surface area contributed by atoms with Crippen molar-refractivity contribution in [3.63, 3.8) is 0 Å². The minimum absolute atomic E-state index is 0.00337. The maximum atomic E-state index is 12.8. The van der Waals surface area contributed by atoms with E-state index in [4.69, 9.17) is 10.5 Å². The summed E-state index contributed by atoms with van der Waals surface area (Å²) in [6, 6.07) is 9.19. The third-order valence-corrected chi connectivity index (χ3v) is 4.59. The van der Waals surface area contributed by atoms with Crippen molar-refractivity contribution in [2.75, 3.05) is 25.4 Å². The van der Waals surface area contributed by atoms with Crippen LogP contribution in [0.1, 0.15) is 22.3 Å². The Bertz CT molecular complexity index is 925. The molecule has 1 amide bonds. The number of hydrogen-bond donors (Lipinski definition) is 2. The molecule has 1 unspecified atom stereocenters. The highest BCUT2D eigenvalue weighted by atomic mass is 16.5. The second-order valence-corrected chi connectivity index (χ2v) is 6.40. The van der Waals surface area contributed by atoms with Crippen LogP contribution in [0.4, 0.5) is 5.82 Å². The van der Waals surface area contributed by atoms with E-state index in [9.17, 15) is 4.79 Å². The highest BCUT2D eigenvalue weighted by molar-refractivity contribution is 5.97. The van der Waals surface area contributed by atoms with E-state index in [1.807, 2.05) is 17.0 Å². The Hall–Kier alpha value is -3.00. The van der Waals surface area contributed by atoms with E-state index in [2.05, 4.69) is 20.4 Å². The molecule has 1 aliphatic rings. The number of fused-ring (bicyclic) bond motifs is 1. The lowest BCUT2D eigenvalue weighted by Crippen LogP contribution is -2.45. The first-order valence-electron chi connectivity index (χ1n) is 8.61. The standard InChI is InChI=1S/C18H20N6O2/c19-17-9-12(5-6-20-17)1-3-14-11-24(7-8-26-14)18(25)13-2-4-15-16(10-13)22-23-21-15/h2,4-6,9-10,14H,1,3,7-8,11H2,(H2,19,20)(H,21,22,23). The van der Waals surface area contributed by atoms with Gasteiger partial charge in [-0.3, -0.25) is 4.79 Å². The number of carbonyl (C=O) groups is 1. The molecule has 4 rings (SSSR count). The summed E-state index contributed by atoms with van der Waals surface area (Å²) in [5.74, 6) is 0.517. The van der Waals surface area contributed by atoms with Crippen LogP contribution in [0.5, 0.6) is 0 Å². The zero-order valence-corrected chi connectivity index (χ0v) is 14.3. The molecule has 1 aliphatic heterocycles. The van der Waals surface area contributed by atoms with Crippen molar-refractivity contribution in [1.82, 2.24) is 25.3 Å². The molecule has 0 bridgehead atoms. The van der Waals surface area contributed by atoms with Gasteiger partial charge in [0.05, 0.1) is 12.7 Å². The highest BCUT2D eigenvalue weighted by Crippen LogP contribution is 2.17. The molecular weight excluding hydrogens is 332 g/mol. The van der Waals surface area contributed by atoms with Crippen LogP contribution in [0, 0.1) is 0 Å². The molecule has 0 spiro atoms. The van der Waals surface area contributed by atoms with Gasteiger partial charge >= 0.3 is 0 Å². The number of nitrogens with one attached hydrogen (secondary N) is 1. The van der Waals surface area contributed by atoms with Gasteiger partial charge in [0.25, 0.3) is 5.91 Å². The summed E-state index contributed by atoms with van der Waals surface area (Å²) in [4.78, 5) is 18.7. The average molecular weight is 352 g/mol. The molecule has 8 nitrogen and oxygen atoms in total. The lowest BCUT2D eigenvalue weighted by Gasteiger charge is -2.33. The van der Waals surface area contributed by atoms with E-state index in [-0.39, 0.29) is 12.0 Å². The maximum absolute atomic E-state index is 12.8. The minimum Gasteiger partial charge on any atom is -0.384 e.